The molecule has 0 bridgehead atoms. The van der Waals surface area contributed by atoms with Crippen LogP contribution in [0.15, 0.2) is 18.2 Å². The summed E-state index contributed by atoms with van der Waals surface area (Å²) in [5, 5.41) is 3.21. The molecule has 0 radical (unpaired) electrons. The van der Waals surface area contributed by atoms with Gasteiger partial charge in [0.15, 0.2) is 0 Å². The lowest BCUT2D eigenvalue weighted by Gasteiger charge is -2.44. The van der Waals surface area contributed by atoms with Crippen molar-refractivity contribution in [2.75, 3.05) is 25.6 Å². The molecule has 0 fully saturated rings. The zero-order valence-electron chi connectivity index (χ0n) is 16.6. The molecule has 1 aromatic carbocycles. The first kappa shape index (κ1) is 20.1. The minimum absolute atomic E-state index is 0.0970. The number of hydrogen-bond donors (Lipinski definition) is 1. The minimum atomic E-state index is -0.419. The molecule has 1 heterocycles. The largest absolute Gasteiger partial charge is 0.485 e. The van der Waals surface area contributed by atoms with E-state index in [2.05, 4.69) is 39.1 Å². The molecule has 2 unspecified atom stereocenters. The fourth-order valence-electron chi connectivity index (χ4n) is 3.27. The Bertz CT molecular complexity index is 530. The van der Waals surface area contributed by atoms with Crippen molar-refractivity contribution in [3.05, 3.63) is 23.8 Å². The number of nitrogens with one attached hydrogen (secondary N) is 1. The number of anilines is 1. The lowest BCUT2D eigenvalue weighted by molar-refractivity contribution is -0.163. The van der Waals surface area contributed by atoms with Gasteiger partial charge in [0, 0.05) is 31.5 Å². The summed E-state index contributed by atoms with van der Waals surface area (Å²) in [6, 6.07) is 6.20. The Kier molecular flexibility index (Phi) is 7.57. The van der Waals surface area contributed by atoms with Crippen LogP contribution in [0.3, 0.4) is 0 Å². The van der Waals surface area contributed by atoms with Crippen LogP contribution in [0.4, 0.5) is 5.69 Å². The van der Waals surface area contributed by atoms with Crippen LogP contribution in [0.25, 0.3) is 0 Å². The maximum absolute atomic E-state index is 6.32. The summed E-state index contributed by atoms with van der Waals surface area (Å²) >= 11 is 0. The van der Waals surface area contributed by atoms with Crippen molar-refractivity contribution in [1.82, 2.24) is 0 Å². The lowest BCUT2D eigenvalue weighted by Crippen LogP contribution is -2.51. The summed E-state index contributed by atoms with van der Waals surface area (Å²) in [7, 11) is 1.93. The molecule has 1 aliphatic heterocycles. The van der Waals surface area contributed by atoms with Crippen LogP contribution in [0.5, 0.6) is 5.75 Å². The van der Waals surface area contributed by atoms with Crippen LogP contribution in [0, 0.1) is 0 Å². The van der Waals surface area contributed by atoms with E-state index >= 15 is 0 Å². The highest BCUT2D eigenvalue weighted by atomic mass is 16.6. The van der Waals surface area contributed by atoms with Gasteiger partial charge in [0.2, 0.25) is 0 Å². The molecule has 142 valence electrons. The van der Waals surface area contributed by atoms with E-state index in [0.717, 1.165) is 49.5 Å². The van der Waals surface area contributed by atoms with Gasteiger partial charge in [-0.25, -0.2) is 0 Å². The smallest absolute Gasteiger partial charge is 0.132 e. The van der Waals surface area contributed by atoms with Gasteiger partial charge in [-0.05, 0) is 44.9 Å². The van der Waals surface area contributed by atoms with E-state index in [1.54, 1.807) is 0 Å². The average Bonchev–Trinajstić information content (AvgIpc) is 2.59. The third kappa shape index (κ3) is 5.11. The zero-order valence-corrected chi connectivity index (χ0v) is 16.6. The first-order valence-electron chi connectivity index (χ1n) is 9.77. The quantitative estimate of drug-likeness (QED) is 0.579. The molecule has 1 aliphatic rings. The Morgan fingerprint density at radius 1 is 1.04 bits per heavy atom. The second kappa shape index (κ2) is 9.44. The Morgan fingerprint density at radius 2 is 1.76 bits per heavy atom. The maximum Gasteiger partial charge on any atom is 0.132 e. The first-order chi connectivity index (χ1) is 12.0. The minimum Gasteiger partial charge on any atom is -0.485 e. The highest BCUT2D eigenvalue weighted by Crippen LogP contribution is 2.44. The highest BCUT2D eigenvalue weighted by Gasteiger charge is 2.45. The van der Waals surface area contributed by atoms with Crippen molar-refractivity contribution in [2.45, 2.75) is 77.6 Å². The maximum atomic E-state index is 6.32. The topological polar surface area (TPSA) is 39.7 Å². The molecule has 0 saturated heterocycles. The van der Waals surface area contributed by atoms with Gasteiger partial charge in [-0.15, -0.1) is 0 Å². The summed E-state index contributed by atoms with van der Waals surface area (Å²) in [4.78, 5) is 0. The van der Waals surface area contributed by atoms with E-state index < -0.39 is 5.60 Å². The van der Waals surface area contributed by atoms with Crippen LogP contribution in [-0.4, -0.2) is 32.0 Å². The van der Waals surface area contributed by atoms with Gasteiger partial charge in [0.05, 0.1) is 0 Å². The first-order valence-corrected chi connectivity index (χ1v) is 9.77. The van der Waals surface area contributed by atoms with E-state index in [1.165, 1.54) is 12.8 Å². The summed E-state index contributed by atoms with van der Waals surface area (Å²) in [5.41, 5.74) is 1.73. The van der Waals surface area contributed by atoms with E-state index in [9.17, 15) is 0 Å². The van der Waals surface area contributed by atoms with Crippen LogP contribution in [-0.2, 0) is 9.47 Å². The Balaban J connectivity index is 2.25. The van der Waals surface area contributed by atoms with Crippen molar-refractivity contribution < 1.29 is 14.2 Å². The molecule has 1 N–H and O–H groups in total. The fraction of sp³-hybridized carbons (Fsp3) is 0.714. The summed E-state index contributed by atoms with van der Waals surface area (Å²) in [6.45, 7) is 10.1. The number of rotatable bonds is 10. The Hall–Kier alpha value is -1.26. The number of benzene rings is 1. The van der Waals surface area contributed by atoms with Crippen LogP contribution >= 0.6 is 0 Å². The van der Waals surface area contributed by atoms with Crippen LogP contribution in [0.2, 0.25) is 0 Å². The Morgan fingerprint density at radius 3 is 2.44 bits per heavy atom. The Labute approximate surface area is 153 Å². The van der Waals surface area contributed by atoms with E-state index in [1.807, 2.05) is 19.2 Å². The molecule has 0 amide bonds. The molecule has 0 aromatic heterocycles. The molecule has 4 nitrogen and oxygen atoms in total. The molecule has 4 heteroatoms. The highest BCUT2D eigenvalue weighted by molar-refractivity contribution is 5.53. The van der Waals surface area contributed by atoms with Gasteiger partial charge < -0.3 is 19.5 Å². The summed E-state index contributed by atoms with van der Waals surface area (Å²) < 4.78 is 18.9. The molecule has 0 aliphatic carbocycles. The molecule has 2 atom stereocenters. The van der Waals surface area contributed by atoms with Crippen molar-refractivity contribution in [1.29, 1.82) is 0 Å². The van der Waals surface area contributed by atoms with Crippen molar-refractivity contribution in [3.8, 4) is 5.75 Å². The van der Waals surface area contributed by atoms with Gasteiger partial charge in [0.1, 0.15) is 23.6 Å². The van der Waals surface area contributed by atoms with Gasteiger partial charge in [0.25, 0.3) is 0 Å². The fourth-order valence-corrected chi connectivity index (χ4v) is 3.27. The van der Waals surface area contributed by atoms with Crippen LogP contribution < -0.4 is 10.1 Å². The molecule has 0 saturated carbocycles. The van der Waals surface area contributed by atoms with Gasteiger partial charge in [-0.3, -0.25) is 0 Å². The average molecular weight is 350 g/mol. The number of ether oxygens (including phenoxy) is 3. The second-order valence-corrected chi connectivity index (χ2v) is 7.35. The predicted octanol–water partition coefficient (Wildman–Crippen LogP) is 5.33. The third-order valence-electron chi connectivity index (χ3n) is 4.78. The standard InChI is InChI=1S/C21H35NO3/c1-6-8-10-14-24-20-19(23-13-9-7-2)17-15-16(22-5)11-12-18(17)25-21(20,3)4/h11-12,15,19-20,22H,6-10,13-14H2,1-5H3. The monoisotopic (exact) mass is 349 g/mol. The van der Waals surface area contributed by atoms with Gasteiger partial charge in [-0.1, -0.05) is 33.1 Å². The zero-order chi connectivity index (χ0) is 18.3. The van der Waals surface area contributed by atoms with Crippen molar-refractivity contribution >= 4 is 5.69 Å². The van der Waals surface area contributed by atoms with Crippen LogP contribution in [0.1, 0.15) is 71.5 Å². The number of fused-ring (bicyclic) bond motifs is 1. The molecular formula is C21H35NO3. The SMILES string of the molecule is CCCCCOC1C(OCCCC)c2cc(NC)ccc2OC1(C)C. The van der Waals surface area contributed by atoms with E-state index in [0.29, 0.717) is 0 Å². The van der Waals surface area contributed by atoms with Gasteiger partial charge in [-0.2, -0.15) is 0 Å². The summed E-state index contributed by atoms with van der Waals surface area (Å²) in [5.74, 6) is 0.902. The van der Waals surface area contributed by atoms with Crippen molar-refractivity contribution in [2.24, 2.45) is 0 Å². The third-order valence-corrected chi connectivity index (χ3v) is 4.78. The molecule has 1 aromatic rings. The van der Waals surface area contributed by atoms with E-state index in [4.69, 9.17) is 14.2 Å². The molecular weight excluding hydrogens is 314 g/mol. The normalized spacial score (nSPS) is 21.5. The molecule has 2 rings (SSSR count). The second-order valence-electron chi connectivity index (χ2n) is 7.35. The van der Waals surface area contributed by atoms with E-state index in [-0.39, 0.29) is 12.2 Å². The molecule has 25 heavy (non-hydrogen) atoms. The lowest BCUT2D eigenvalue weighted by atomic mass is 9.87. The molecule has 0 spiro atoms. The number of unbranched alkanes of at least 4 members (excludes halogenated alkanes) is 3. The number of hydrogen-bond acceptors (Lipinski definition) is 4. The van der Waals surface area contributed by atoms with Crippen molar-refractivity contribution in [3.63, 3.8) is 0 Å². The predicted molar refractivity (Wildman–Crippen MR) is 104 cm³/mol. The summed E-state index contributed by atoms with van der Waals surface area (Å²) in [6.07, 6.45) is 5.43. The van der Waals surface area contributed by atoms with Gasteiger partial charge >= 0.3 is 0 Å².